The van der Waals surface area contributed by atoms with E-state index < -0.39 is 0 Å². The molecule has 1 aromatic carbocycles. The second-order valence-corrected chi connectivity index (χ2v) is 4.95. The Balaban J connectivity index is 2.69. The van der Waals surface area contributed by atoms with Gasteiger partial charge in [-0.3, -0.25) is 0 Å². The van der Waals surface area contributed by atoms with Crippen molar-refractivity contribution in [1.29, 1.82) is 0 Å². The molecule has 19 heavy (non-hydrogen) atoms. The number of nitrogens with one attached hydrogen (secondary N) is 1. The molecule has 0 aromatic heterocycles. The highest BCUT2D eigenvalue weighted by Crippen LogP contribution is 2.13. The first kappa shape index (κ1) is 16.1. The Morgan fingerprint density at radius 1 is 1.16 bits per heavy atom. The molecule has 0 radical (unpaired) electrons. The van der Waals surface area contributed by atoms with Gasteiger partial charge in [0.1, 0.15) is 5.82 Å². The summed E-state index contributed by atoms with van der Waals surface area (Å²) in [4.78, 5) is 0. The first-order valence-corrected chi connectivity index (χ1v) is 7.21. The van der Waals surface area contributed by atoms with E-state index in [0.717, 1.165) is 37.8 Å². The molecule has 0 aliphatic heterocycles. The van der Waals surface area contributed by atoms with Crippen LogP contribution >= 0.6 is 0 Å². The molecular formula is C16H26FNO. The lowest BCUT2D eigenvalue weighted by molar-refractivity contribution is 0.0609. The van der Waals surface area contributed by atoms with Crippen LogP contribution in [0.25, 0.3) is 0 Å². The van der Waals surface area contributed by atoms with E-state index in [0.29, 0.717) is 0 Å². The van der Waals surface area contributed by atoms with Gasteiger partial charge in [0.05, 0.1) is 6.10 Å². The fraction of sp³-hybridized carbons (Fsp3) is 0.625. The summed E-state index contributed by atoms with van der Waals surface area (Å²) in [7, 11) is 1.77. The minimum atomic E-state index is -0.182. The molecule has 0 heterocycles. The largest absolute Gasteiger partial charge is 0.380 e. The third kappa shape index (κ3) is 5.70. The molecule has 0 aliphatic rings. The Bertz CT molecular complexity index is 339. The fourth-order valence-electron chi connectivity index (χ4n) is 2.31. The van der Waals surface area contributed by atoms with Crippen LogP contribution in [0.1, 0.15) is 38.7 Å². The smallest absolute Gasteiger partial charge is 0.123 e. The summed E-state index contributed by atoms with van der Waals surface area (Å²) in [5, 5.41) is 3.55. The second-order valence-electron chi connectivity index (χ2n) is 4.95. The number of halogens is 1. The van der Waals surface area contributed by atoms with E-state index in [1.807, 2.05) is 12.1 Å². The third-order valence-corrected chi connectivity index (χ3v) is 3.35. The molecule has 2 unspecified atom stereocenters. The molecule has 1 N–H and O–H groups in total. The molecule has 0 fully saturated rings. The van der Waals surface area contributed by atoms with Crippen LogP contribution in [-0.4, -0.2) is 25.8 Å². The quantitative estimate of drug-likeness (QED) is 0.739. The Morgan fingerprint density at radius 2 is 1.84 bits per heavy atom. The Morgan fingerprint density at radius 3 is 2.37 bits per heavy atom. The van der Waals surface area contributed by atoms with Crippen LogP contribution in [0.5, 0.6) is 0 Å². The number of hydrogen-bond donors (Lipinski definition) is 1. The summed E-state index contributed by atoms with van der Waals surface area (Å²) in [5.41, 5.74) is 1.15. The van der Waals surface area contributed by atoms with Gasteiger partial charge in [-0.15, -0.1) is 0 Å². The number of ether oxygens (including phenoxy) is 1. The van der Waals surface area contributed by atoms with Gasteiger partial charge < -0.3 is 10.1 Å². The van der Waals surface area contributed by atoms with Crippen LogP contribution in [0.4, 0.5) is 4.39 Å². The summed E-state index contributed by atoms with van der Waals surface area (Å²) < 4.78 is 18.5. The van der Waals surface area contributed by atoms with Crippen molar-refractivity contribution < 1.29 is 9.13 Å². The zero-order chi connectivity index (χ0) is 14.1. The lowest BCUT2D eigenvalue weighted by Gasteiger charge is -2.27. The number of rotatable bonds is 9. The highest BCUT2D eigenvalue weighted by atomic mass is 19.1. The Labute approximate surface area is 116 Å². The maximum atomic E-state index is 12.9. The van der Waals surface area contributed by atoms with Gasteiger partial charge in [-0.2, -0.15) is 0 Å². The van der Waals surface area contributed by atoms with Crippen LogP contribution in [0, 0.1) is 5.82 Å². The van der Waals surface area contributed by atoms with Gasteiger partial charge >= 0.3 is 0 Å². The Hall–Kier alpha value is -0.930. The SMILES string of the molecule is CCCNC(Cc1ccc(F)cc1)C(CCC)OC. The molecule has 0 bridgehead atoms. The molecule has 0 amide bonds. The van der Waals surface area contributed by atoms with Crippen molar-refractivity contribution in [2.45, 2.75) is 51.7 Å². The van der Waals surface area contributed by atoms with Gasteiger partial charge in [-0.1, -0.05) is 32.4 Å². The number of methoxy groups -OCH3 is 1. The van der Waals surface area contributed by atoms with E-state index in [2.05, 4.69) is 19.2 Å². The zero-order valence-corrected chi connectivity index (χ0v) is 12.3. The van der Waals surface area contributed by atoms with Crippen molar-refractivity contribution in [1.82, 2.24) is 5.32 Å². The third-order valence-electron chi connectivity index (χ3n) is 3.35. The fourth-order valence-corrected chi connectivity index (χ4v) is 2.31. The first-order valence-electron chi connectivity index (χ1n) is 7.21. The average Bonchev–Trinajstić information content (AvgIpc) is 2.43. The summed E-state index contributed by atoms with van der Waals surface area (Å²) in [5.74, 6) is -0.182. The summed E-state index contributed by atoms with van der Waals surface area (Å²) in [6, 6.07) is 7.04. The van der Waals surface area contributed by atoms with E-state index in [9.17, 15) is 4.39 Å². The van der Waals surface area contributed by atoms with Gasteiger partial charge in [0, 0.05) is 13.2 Å². The summed E-state index contributed by atoms with van der Waals surface area (Å²) >= 11 is 0. The van der Waals surface area contributed by atoms with Crippen molar-refractivity contribution in [3.63, 3.8) is 0 Å². The maximum Gasteiger partial charge on any atom is 0.123 e. The van der Waals surface area contributed by atoms with Crippen LogP contribution in [0.3, 0.4) is 0 Å². The molecule has 0 aliphatic carbocycles. The monoisotopic (exact) mass is 267 g/mol. The van der Waals surface area contributed by atoms with Crippen LogP contribution in [0.2, 0.25) is 0 Å². The highest BCUT2D eigenvalue weighted by Gasteiger charge is 2.20. The summed E-state index contributed by atoms with van der Waals surface area (Å²) in [6.07, 6.45) is 4.33. The van der Waals surface area contributed by atoms with E-state index in [1.54, 1.807) is 7.11 Å². The molecule has 2 nitrogen and oxygen atoms in total. The molecule has 108 valence electrons. The van der Waals surface area contributed by atoms with Crippen molar-refractivity contribution in [2.75, 3.05) is 13.7 Å². The van der Waals surface area contributed by atoms with E-state index in [1.165, 1.54) is 12.1 Å². The van der Waals surface area contributed by atoms with E-state index in [4.69, 9.17) is 4.74 Å². The minimum absolute atomic E-state index is 0.182. The Kier molecular flexibility index (Phi) is 7.68. The molecule has 2 atom stereocenters. The van der Waals surface area contributed by atoms with Crippen LogP contribution in [-0.2, 0) is 11.2 Å². The molecule has 0 spiro atoms. The normalized spacial score (nSPS) is 14.3. The van der Waals surface area contributed by atoms with E-state index >= 15 is 0 Å². The lowest BCUT2D eigenvalue weighted by Crippen LogP contribution is -2.43. The van der Waals surface area contributed by atoms with Gasteiger partial charge in [-0.25, -0.2) is 4.39 Å². The van der Waals surface area contributed by atoms with Gasteiger partial charge in [0.15, 0.2) is 0 Å². The van der Waals surface area contributed by atoms with Crippen LogP contribution in [0.15, 0.2) is 24.3 Å². The molecule has 1 rings (SSSR count). The topological polar surface area (TPSA) is 21.3 Å². The van der Waals surface area contributed by atoms with Gasteiger partial charge in [0.25, 0.3) is 0 Å². The zero-order valence-electron chi connectivity index (χ0n) is 12.3. The number of hydrogen-bond acceptors (Lipinski definition) is 2. The lowest BCUT2D eigenvalue weighted by atomic mass is 9.98. The standard InChI is InChI=1S/C16H26FNO/c1-4-6-16(19-3)15(18-11-5-2)12-13-7-9-14(17)10-8-13/h7-10,15-16,18H,4-6,11-12H2,1-3H3. The van der Waals surface area contributed by atoms with Gasteiger partial charge in [-0.05, 0) is 43.5 Å². The van der Waals surface area contributed by atoms with Crippen molar-refractivity contribution in [2.24, 2.45) is 0 Å². The van der Waals surface area contributed by atoms with Crippen LogP contribution < -0.4 is 5.32 Å². The van der Waals surface area contributed by atoms with Crippen molar-refractivity contribution in [3.8, 4) is 0 Å². The highest BCUT2D eigenvalue weighted by molar-refractivity contribution is 5.17. The van der Waals surface area contributed by atoms with Crippen molar-refractivity contribution >= 4 is 0 Å². The maximum absolute atomic E-state index is 12.9. The van der Waals surface area contributed by atoms with Crippen molar-refractivity contribution in [3.05, 3.63) is 35.6 Å². The number of benzene rings is 1. The molecule has 0 saturated heterocycles. The molecule has 3 heteroatoms. The average molecular weight is 267 g/mol. The first-order chi connectivity index (χ1) is 9.21. The van der Waals surface area contributed by atoms with Gasteiger partial charge in [0.2, 0.25) is 0 Å². The predicted molar refractivity (Wildman–Crippen MR) is 77.9 cm³/mol. The molecule has 1 aromatic rings. The van der Waals surface area contributed by atoms with E-state index in [-0.39, 0.29) is 18.0 Å². The summed E-state index contributed by atoms with van der Waals surface area (Å²) in [6.45, 7) is 5.31. The molecular weight excluding hydrogens is 241 g/mol. The minimum Gasteiger partial charge on any atom is -0.380 e. The molecule has 0 saturated carbocycles. The second kappa shape index (κ2) is 9.05. The predicted octanol–water partition coefficient (Wildman–Crippen LogP) is 3.55.